The van der Waals surface area contributed by atoms with Crippen LogP contribution in [-0.2, 0) is 16.1 Å². The molecule has 0 aromatic heterocycles. The van der Waals surface area contributed by atoms with Gasteiger partial charge in [-0.15, -0.1) is 0 Å². The fraction of sp³-hybridized carbons (Fsp3) is 0.500. The summed E-state index contributed by atoms with van der Waals surface area (Å²) in [6, 6.07) is 11.6. The van der Waals surface area contributed by atoms with E-state index in [-0.39, 0.29) is 24.5 Å². The molecule has 6 heteroatoms. The second-order valence-electron chi connectivity index (χ2n) is 9.44. The van der Waals surface area contributed by atoms with E-state index in [1.165, 1.54) is 6.42 Å². The molecule has 1 atom stereocenters. The van der Waals surface area contributed by atoms with E-state index in [9.17, 15) is 9.59 Å². The number of nitrogens with one attached hydrogen (secondary N) is 1. The van der Waals surface area contributed by atoms with Crippen molar-refractivity contribution in [3.63, 3.8) is 0 Å². The highest BCUT2D eigenvalue weighted by atomic mass is 79.9. The van der Waals surface area contributed by atoms with Crippen molar-refractivity contribution in [3.8, 4) is 5.75 Å². The van der Waals surface area contributed by atoms with E-state index in [2.05, 4.69) is 27.3 Å². The van der Waals surface area contributed by atoms with Gasteiger partial charge in [0.25, 0.3) is 5.91 Å². The topological polar surface area (TPSA) is 58.6 Å². The molecular formula is C28H37BrN2O3. The highest BCUT2D eigenvalue weighted by molar-refractivity contribution is 9.10. The predicted octanol–water partition coefficient (Wildman–Crippen LogP) is 6.01. The second kappa shape index (κ2) is 12.4. The molecule has 5 nitrogen and oxygen atoms in total. The molecule has 0 heterocycles. The molecule has 1 N–H and O–H groups in total. The number of hydrogen-bond donors (Lipinski definition) is 1. The molecule has 1 aliphatic rings. The van der Waals surface area contributed by atoms with E-state index >= 15 is 0 Å². The van der Waals surface area contributed by atoms with Gasteiger partial charge in [0.05, 0.1) is 0 Å². The molecule has 0 bridgehead atoms. The van der Waals surface area contributed by atoms with Gasteiger partial charge in [-0.1, -0.05) is 71.9 Å². The molecular weight excluding hydrogens is 492 g/mol. The van der Waals surface area contributed by atoms with E-state index < -0.39 is 6.04 Å². The fourth-order valence-electron chi connectivity index (χ4n) is 4.69. The number of carbonyl (C=O) groups excluding carboxylic acids is 2. The number of carbonyl (C=O) groups is 2. The molecule has 0 saturated heterocycles. The number of hydrogen-bond acceptors (Lipinski definition) is 3. The minimum atomic E-state index is -0.535. The van der Waals surface area contributed by atoms with Crippen LogP contribution in [0.2, 0.25) is 0 Å². The summed E-state index contributed by atoms with van der Waals surface area (Å²) in [4.78, 5) is 28.4. The number of rotatable bonds is 9. The normalized spacial score (nSPS) is 15.0. The van der Waals surface area contributed by atoms with Gasteiger partial charge in [-0.2, -0.15) is 0 Å². The SMILES string of the molecule is CC[C@@H](C(=O)NC1CCCCC1)N(Cc1cccc(C)c1)C(=O)COc1cc(C)c(Br)c(C)c1. The quantitative estimate of drug-likeness (QED) is 0.433. The Morgan fingerprint density at radius 2 is 1.76 bits per heavy atom. The summed E-state index contributed by atoms with van der Waals surface area (Å²) in [6.45, 7) is 8.25. The van der Waals surface area contributed by atoms with Crippen molar-refractivity contribution in [2.75, 3.05) is 6.61 Å². The summed E-state index contributed by atoms with van der Waals surface area (Å²) in [5, 5.41) is 3.22. The second-order valence-corrected chi connectivity index (χ2v) is 10.2. The molecule has 2 aromatic rings. The lowest BCUT2D eigenvalue weighted by molar-refractivity contribution is -0.143. The van der Waals surface area contributed by atoms with Crippen LogP contribution in [-0.4, -0.2) is 35.4 Å². The molecule has 184 valence electrons. The maximum atomic E-state index is 13.5. The van der Waals surface area contributed by atoms with Crippen LogP contribution in [0.25, 0.3) is 0 Å². The lowest BCUT2D eigenvalue weighted by Gasteiger charge is -2.32. The summed E-state index contributed by atoms with van der Waals surface area (Å²) in [5.74, 6) is 0.401. The molecule has 34 heavy (non-hydrogen) atoms. The van der Waals surface area contributed by atoms with Crippen LogP contribution in [0.3, 0.4) is 0 Å². The highest BCUT2D eigenvalue weighted by Crippen LogP contribution is 2.26. The summed E-state index contributed by atoms with van der Waals surface area (Å²) < 4.78 is 6.95. The Labute approximate surface area is 212 Å². The average molecular weight is 530 g/mol. The third-order valence-electron chi connectivity index (χ3n) is 6.55. The van der Waals surface area contributed by atoms with E-state index in [4.69, 9.17) is 4.74 Å². The summed E-state index contributed by atoms with van der Waals surface area (Å²) in [6.07, 6.45) is 6.10. The monoisotopic (exact) mass is 528 g/mol. The van der Waals surface area contributed by atoms with Crippen LogP contribution >= 0.6 is 15.9 Å². The lowest BCUT2D eigenvalue weighted by atomic mass is 9.95. The molecule has 0 aliphatic heterocycles. The van der Waals surface area contributed by atoms with Crippen molar-refractivity contribution >= 4 is 27.7 Å². The van der Waals surface area contributed by atoms with Crippen LogP contribution < -0.4 is 10.1 Å². The first-order chi connectivity index (χ1) is 16.3. The number of ether oxygens (including phenoxy) is 1. The summed E-state index contributed by atoms with van der Waals surface area (Å²) in [5.41, 5.74) is 4.24. The van der Waals surface area contributed by atoms with Crippen LogP contribution in [0.5, 0.6) is 5.75 Å². The lowest BCUT2D eigenvalue weighted by Crippen LogP contribution is -2.52. The Hall–Kier alpha value is -2.34. The number of amides is 2. The first-order valence-electron chi connectivity index (χ1n) is 12.3. The van der Waals surface area contributed by atoms with Gasteiger partial charge < -0.3 is 15.0 Å². The zero-order chi connectivity index (χ0) is 24.7. The maximum absolute atomic E-state index is 13.5. The fourth-order valence-corrected chi connectivity index (χ4v) is 4.92. The first kappa shape index (κ1) is 26.3. The van der Waals surface area contributed by atoms with Gasteiger partial charge in [-0.05, 0) is 68.9 Å². The standard InChI is InChI=1S/C28H37BrN2O3/c1-5-25(28(33)30-23-12-7-6-8-13-23)31(17-22-11-9-10-19(2)14-22)26(32)18-34-24-15-20(3)27(29)21(4)16-24/h9-11,14-16,23,25H,5-8,12-13,17-18H2,1-4H3,(H,30,33)/t25-/m0/s1. The third kappa shape index (κ3) is 7.08. The molecule has 0 radical (unpaired) electrons. The highest BCUT2D eigenvalue weighted by Gasteiger charge is 2.30. The maximum Gasteiger partial charge on any atom is 0.261 e. The molecule has 2 aromatic carbocycles. The molecule has 3 rings (SSSR count). The Balaban J connectivity index is 1.78. The van der Waals surface area contributed by atoms with Gasteiger partial charge >= 0.3 is 0 Å². The van der Waals surface area contributed by atoms with E-state index in [1.807, 2.05) is 58.0 Å². The van der Waals surface area contributed by atoms with Crippen molar-refractivity contribution in [3.05, 3.63) is 63.1 Å². The molecule has 0 unspecified atom stereocenters. The van der Waals surface area contributed by atoms with Gasteiger partial charge in [0, 0.05) is 17.1 Å². The molecule has 0 spiro atoms. The number of halogens is 1. The predicted molar refractivity (Wildman–Crippen MR) is 140 cm³/mol. The Morgan fingerprint density at radius 3 is 2.38 bits per heavy atom. The molecule has 1 fully saturated rings. The molecule has 1 aliphatic carbocycles. The molecule has 1 saturated carbocycles. The van der Waals surface area contributed by atoms with E-state index in [0.29, 0.717) is 18.7 Å². The molecule has 2 amide bonds. The van der Waals surface area contributed by atoms with Crippen LogP contribution in [0.1, 0.15) is 67.7 Å². The van der Waals surface area contributed by atoms with Gasteiger partial charge in [0.15, 0.2) is 6.61 Å². The van der Waals surface area contributed by atoms with Crippen molar-refractivity contribution in [2.45, 2.75) is 84.8 Å². The summed E-state index contributed by atoms with van der Waals surface area (Å²) >= 11 is 3.57. The van der Waals surface area contributed by atoms with Gasteiger partial charge in [0.1, 0.15) is 11.8 Å². The minimum absolute atomic E-state index is 0.0641. The van der Waals surface area contributed by atoms with Crippen molar-refractivity contribution in [2.24, 2.45) is 0 Å². The first-order valence-corrected chi connectivity index (χ1v) is 13.1. The van der Waals surface area contributed by atoms with Gasteiger partial charge in [0.2, 0.25) is 5.91 Å². The van der Waals surface area contributed by atoms with E-state index in [1.54, 1.807) is 4.90 Å². The number of benzene rings is 2. The Bertz CT molecular complexity index is 978. The number of aryl methyl sites for hydroxylation is 3. The van der Waals surface area contributed by atoms with Crippen molar-refractivity contribution in [1.29, 1.82) is 0 Å². The zero-order valence-electron chi connectivity index (χ0n) is 20.8. The zero-order valence-corrected chi connectivity index (χ0v) is 22.4. The number of nitrogens with zero attached hydrogens (tertiary/aromatic N) is 1. The van der Waals surface area contributed by atoms with Crippen LogP contribution in [0.15, 0.2) is 40.9 Å². The summed E-state index contributed by atoms with van der Waals surface area (Å²) in [7, 11) is 0. The Morgan fingerprint density at radius 1 is 1.09 bits per heavy atom. The van der Waals surface area contributed by atoms with Crippen molar-refractivity contribution in [1.82, 2.24) is 10.2 Å². The van der Waals surface area contributed by atoms with Gasteiger partial charge in [-0.3, -0.25) is 9.59 Å². The van der Waals surface area contributed by atoms with Crippen LogP contribution in [0, 0.1) is 20.8 Å². The minimum Gasteiger partial charge on any atom is -0.484 e. The van der Waals surface area contributed by atoms with E-state index in [0.717, 1.165) is 52.4 Å². The average Bonchev–Trinajstić information content (AvgIpc) is 2.81. The van der Waals surface area contributed by atoms with Gasteiger partial charge in [-0.25, -0.2) is 0 Å². The van der Waals surface area contributed by atoms with Crippen LogP contribution in [0.4, 0.5) is 0 Å². The Kier molecular flexibility index (Phi) is 9.57. The third-order valence-corrected chi connectivity index (χ3v) is 7.80. The largest absolute Gasteiger partial charge is 0.484 e. The van der Waals surface area contributed by atoms with Crippen molar-refractivity contribution < 1.29 is 14.3 Å². The smallest absolute Gasteiger partial charge is 0.261 e.